The molecule has 0 N–H and O–H groups in total. The van der Waals surface area contributed by atoms with Crippen LogP contribution in [-0.4, -0.2) is 0 Å². The maximum Gasteiger partial charge on any atom is -0.0100 e. The van der Waals surface area contributed by atoms with Gasteiger partial charge in [0.2, 0.25) is 0 Å². The molecule has 92 valence electrons. The van der Waals surface area contributed by atoms with Gasteiger partial charge in [-0.25, -0.2) is 0 Å². The van der Waals surface area contributed by atoms with Crippen molar-refractivity contribution in [3.8, 4) is 0 Å². The number of aryl methyl sites for hydroxylation is 1. The molecule has 0 atom stereocenters. The minimum Gasteiger partial charge on any atom is -0.103 e. The highest BCUT2D eigenvalue weighted by Gasteiger charge is 1.86. The van der Waals surface area contributed by atoms with Gasteiger partial charge < -0.3 is 0 Å². The molecule has 2 aromatic carbocycles. The number of rotatable bonds is 3. The van der Waals surface area contributed by atoms with E-state index in [2.05, 4.69) is 44.3 Å². The van der Waals surface area contributed by atoms with Crippen LogP contribution in [0.5, 0.6) is 0 Å². The third kappa shape index (κ3) is 4.84. The lowest BCUT2D eigenvalue weighted by molar-refractivity contribution is 1.28. The van der Waals surface area contributed by atoms with Crippen LogP contribution >= 0.6 is 0 Å². The molecule has 0 radical (unpaired) electrons. The Bertz CT molecular complexity index is 480. The lowest BCUT2D eigenvalue weighted by Crippen LogP contribution is -1.75. The minimum absolute atomic E-state index is 0.973. The predicted octanol–water partition coefficient (Wildman–Crippen LogP) is 5.05. The lowest BCUT2D eigenvalue weighted by atomic mass is 10.1. The van der Waals surface area contributed by atoms with Crippen LogP contribution in [0.25, 0.3) is 6.08 Å². The Morgan fingerprint density at radius 2 is 1.50 bits per heavy atom. The summed E-state index contributed by atoms with van der Waals surface area (Å²) in [6.07, 6.45) is 4.76. The Labute approximate surface area is 110 Å². The van der Waals surface area contributed by atoms with Crippen LogP contribution in [0.15, 0.2) is 73.8 Å². The van der Waals surface area contributed by atoms with Gasteiger partial charge in [0, 0.05) is 0 Å². The van der Waals surface area contributed by atoms with Gasteiger partial charge in [0.1, 0.15) is 0 Å². The van der Waals surface area contributed by atoms with Crippen LogP contribution in [-0.2, 0) is 6.42 Å². The SMILES string of the molecule is C=CCc1ccccc1.C=Cc1ccccc1C. The summed E-state index contributed by atoms with van der Waals surface area (Å²) < 4.78 is 0. The van der Waals surface area contributed by atoms with Crippen molar-refractivity contribution in [2.75, 3.05) is 0 Å². The van der Waals surface area contributed by atoms with Gasteiger partial charge in [-0.2, -0.15) is 0 Å². The Kier molecular flexibility index (Phi) is 6.27. The zero-order valence-electron chi connectivity index (χ0n) is 11.0. The van der Waals surface area contributed by atoms with Gasteiger partial charge >= 0.3 is 0 Å². The van der Waals surface area contributed by atoms with Crippen molar-refractivity contribution in [2.45, 2.75) is 13.3 Å². The Hall–Kier alpha value is -2.08. The second-order valence-corrected chi connectivity index (χ2v) is 4.04. The second-order valence-electron chi connectivity index (χ2n) is 4.04. The highest BCUT2D eigenvalue weighted by molar-refractivity contribution is 5.50. The molecule has 2 rings (SSSR count). The van der Waals surface area contributed by atoms with E-state index in [4.69, 9.17) is 0 Å². The van der Waals surface area contributed by atoms with Crippen molar-refractivity contribution < 1.29 is 0 Å². The van der Waals surface area contributed by atoms with Crippen LogP contribution in [0.1, 0.15) is 16.7 Å². The second kappa shape index (κ2) is 8.08. The summed E-state index contributed by atoms with van der Waals surface area (Å²) in [5.41, 5.74) is 3.83. The third-order valence-corrected chi connectivity index (χ3v) is 2.63. The molecule has 0 bridgehead atoms. The molecule has 0 saturated carbocycles. The fourth-order valence-electron chi connectivity index (χ4n) is 1.60. The molecule has 0 unspecified atom stereocenters. The summed E-state index contributed by atoms with van der Waals surface area (Å²) in [7, 11) is 0. The first-order valence-corrected chi connectivity index (χ1v) is 6.11. The summed E-state index contributed by atoms with van der Waals surface area (Å²) in [4.78, 5) is 0. The van der Waals surface area contributed by atoms with Crippen LogP contribution in [0, 0.1) is 6.92 Å². The topological polar surface area (TPSA) is 0 Å². The molecule has 0 aromatic heterocycles. The van der Waals surface area contributed by atoms with Crippen molar-refractivity contribution in [3.05, 3.63) is 90.5 Å². The van der Waals surface area contributed by atoms with Crippen LogP contribution in [0.3, 0.4) is 0 Å². The molecule has 0 amide bonds. The van der Waals surface area contributed by atoms with Gasteiger partial charge in [0.15, 0.2) is 0 Å². The molecular weight excluding hydrogens is 216 g/mol. The molecule has 0 spiro atoms. The van der Waals surface area contributed by atoms with Gasteiger partial charge in [-0.15, -0.1) is 6.58 Å². The van der Waals surface area contributed by atoms with Gasteiger partial charge in [-0.05, 0) is 30.0 Å². The Morgan fingerprint density at radius 3 is 2.00 bits per heavy atom. The Morgan fingerprint density at radius 1 is 0.889 bits per heavy atom. The normalized spacial score (nSPS) is 8.94. The first kappa shape index (κ1) is 14.0. The smallest absolute Gasteiger partial charge is 0.0100 e. The molecule has 2 aromatic rings. The zero-order valence-corrected chi connectivity index (χ0v) is 11.0. The fraction of sp³-hybridized carbons (Fsp3) is 0.111. The highest BCUT2D eigenvalue weighted by Crippen LogP contribution is 2.06. The predicted molar refractivity (Wildman–Crippen MR) is 81.6 cm³/mol. The summed E-state index contributed by atoms with van der Waals surface area (Å²) in [6.45, 7) is 9.43. The molecule has 0 saturated heterocycles. The number of allylic oxidation sites excluding steroid dienone is 1. The average molecular weight is 236 g/mol. The Balaban J connectivity index is 0.000000180. The van der Waals surface area contributed by atoms with Crippen LogP contribution in [0.2, 0.25) is 0 Å². The summed E-state index contributed by atoms with van der Waals surface area (Å²) in [6, 6.07) is 18.5. The molecule has 0 fully saturated rings. The van der Waals surface area contributed by atoms with Crippen molar-refractivity contribution >= 4 is 6.08 Å². The molecule has 0 nitrogen and oxygen atoms in total. The number of hydrogen-bond acceptors (Lipinski definition) is 0. The third-order valence-electron chi connectivity index (χ3n) is 2.63. The van der Waals surface area contributed by atoms with E-state index >= 15 is 0 Å². The molecule has 0 aliphatic rings. The van der Waals surface area contributed by atoms with E-state index in [1.807, 2.05) is 42.5 Å². The quantitative estimate of drug-likeness (QED) is 0.654. The summed E-state index contributed by atoms with van der Waals surface area (Å²) in [5.74, 6) is 0. The monoisotopic (exact) mass is 236 g/mol. The van der Waals surface area contributed by atoms with E-state index in [-0.39, 0.29) is 0 Å². The van der Waals surface area contributed by atoms with Crippen molar-refractivity contribution in [1.29, 1.82) is 0 Å². The number of hydrogen-bond donors (Lipinski definition) is 0. The standard InChI is InChI=1S/2C9H10/c1-3-9-7-5-4-6-8(9)2;1-2-6-9-7-4-3-5-8-9/h3-7H,1H2,2H3;2-5,7-8H,1,6H2. The van der Waals surface area contributed by atoms with E-state index < -0.39 is 0 Å². The molecule has 18 heavy (non-hydrogen) atoms. The lowest BCUT2D eigenvalue weighted by Gasteiger charge is -1.95. The van der Waals surface area contributed by atoms with Crippen molar-refractivity contribution in [2.24, 2.45) is 0 Å². The zero-order chi connectivity index (χ0) is 13.2. The maximum absolute atomic E-state index is 3.69. The van der Waals surface area contributed by atoms with Gasteiger partial charge in [-0.3, -0.25) is 0 Å². The van der Waals surface area contributed by atoms with E-state index in [0.29, 0.717) is 0 Å². The van der Waals surface area contributed by atoms with E-state index in [9.17, 15) is 0 Å². The van der Waals surface area contributed by atoms with Crippen LogP contribution < -0.4 is 0 Å². The summed E-state index contributed by atoms with van der Waals surface area (Å²) >= 11 is 0. The minimum atomic E-state index is 0.973. The van der Waals surface area contributed by atoms with Gasteiger partial charge in [-0.1, -0.05) is 73.3 Å². The maximum atomic E-state index is 3.69. The molecular formula is C18H20. The van der Waals surface area contributed by atoms with Gasteiger partial charge in [0.25, 0.3) is 0 Å². The fourth-order valence-corrected chi connectivity index (χ4v) is 1.60. The molecule has 0 aliphatic heterocycles. The van der Waals surface area contributed by atoms with Gasteiger partial charge in [0.05, 0.1) is 0 Å². The molecule has 0 heteroatoms. The molecule has 0 heterocycles. The van der Waals surface area contributed by atoms with Crippen molar-refractivity contribution in [1.82, 2.24) is 0 Å². The van der Waals surface area contributed by atoms with Crippen molar-refractivity contribution in [3.63, 3.8) is 0 Å². The number of benzene rings is 2. The molecule has 0 aliphatic carbocycles. The van der Waals surface area contributed by atoms with E-state index in [1.54, 1.807) is 0 Å². The first-order valence-electron chi connectivity index (χ1n) is 6.11. The van der Waals surface area contributed by atoms with E-state index in [1.165, 1.54) is 16.7 Å². The van der Waals surface area contributed by atoms with Crippen LogP contribution in [0.4, 0.5) is 0 Å². The van der Waals surface area contributed by atoms with E-state index in [0.717, 1.165) is 6.42 Å². The average Bonchev–Trinajstić information content (AvgIpc) is 2.42. The largest absolute Gasteiger partial charge is 0.103 e. The summed E-state index contributed by atoms with van der Waals surface area (Å²) in [5, 5.41) is 0. The first-order chi connectivity index (χ1) is 8.77. The highest BCUT2D eigenvalue weighted by atomic mass is 13.9.